The van der Waals surface area contributed by atoms with E-state index in [1.807, 2.05) is 11.3 Å². The van der Waals surface area contributed by atoms with Gasteiger partial charge in [-0.25, -0.2) is 0 Å². The summed E-state index contributed by atoms with van der Waals surface area (Å²) >= 11 is 1.84. The maximum Gasteiger partial charge on any atom is 0.0460 e. The summed E-state index contributed by atoms with van der Waals surface area (Å²) in [4.78, 5) is 1.47. The van der Waals surface area contributed by atoms with E-state index in [2.05, 4.69) is 47.2 Å². The first kappa shape index (κ1) is 14.8. The lowest BCUT2D eigenvalue weighted by Crippen LogP contribution is -2.28. The minimum absolute atomic E-state index is 0.269. The van der Waals surface area contributed by atoms with Crippen molar-refractivity contribution in [1.29, 1.82) is 0 Å². The van der Waals surface area contributed by atoms with Gasteiger partial charge in [-0.2, -0.15) is 0 Å². The summed E-state index contributed by atoms with van der Waals surface area (Å²) in [6, 6.07) is 13.6. The molecule has 1 saturated carbocycles. The molecule has 1 aliphatic rings. The van der Waals surface area contributed by atoms with E-state index >= 15 is 0 Å². The van der Waals surface area contributed by atoms with Crippen LogP contribution in [0.1, 0.15) is 60.1 Å². The molecule has 112 valence electrons. The Balaban J connectivity index is 1.59. The summed E-state index contributed by atoms with van der Waals surface area (Å²) in [6.45, 7) is 0. The van der Waals surface area contributed by atoms with Crippen molar-refractivity contribution in [3.8, 4) is 0 Å². The minimum atomic E-state index is 0.269. The van der Waals surface area contributed by atoms with Crippen LogP contribution in [0.25, 0.3) is 0 Å². The van der Waals surface area contributed by atoms with Crippen LogP contribution in [-0.2, 0) is 6.42 Å². The molecule has 1 aliphatic carbocycles. The first-order valence-electron chi connectivity index (χ1n) is 7.95. The fourth-order valence-corrected chi connectivity index (χ4v) is 3.80. The van der Waals surface area contributed by atoms with Crippen LogP contribution in [-0.4, -0.2) is 0 Å². The molecule has 0 radical (unpaired) electrons. The van der Waals surface area contributed by atoms with Crippen LogP contribution in [0, 0.1) is 0 Å². The number of hydrogen-bond acceptors (Lipinski definition) is 3. The van der Waals surface area contributed by atoms with Crippen molar-refractivity contribution < 1.29 is 0 Å². The number of hydrogen-bond donors (Lipinski definition) is 2. The van der Waals surface area contributed by atoms with Crippen molar-refractivity contribution in [3.63, 3.8) is 0 Å². The number of nitrogens with one attached hydrogen (secondary N) is 1. The van der Waals surface area contributed by atoms with Gasteiger partial charge in [0.2, 0.25) is 0 Å². The molecular formula is C18H24N2S. The lowest BCUT2D eigenvalue weighted by atomic mass is 9.79. The van der Waals surface area contributed by atoms with Crippen LogP contribution in [0.3, 0.4) is 0 Å². The highest BCUT2D eigenvalue weighted by molar-refractivity contribution is 7.09. The van der Waals surface area contributed by atoms with E-state index in [0.717, 1.165) is 18.8 Å². The number of aryl methyl sites for hydroxylation is 1. The van der Waals surface area contributed by atoms with Crippen molar-refractivity contribution >= 4 is 11.3 Å². The predicted octanol–water partition coefficient (Wildman–Crippen LogP) is 4.54. The Labute approximate surface area is 131 Å². The van der Waals surface area contributed by atoms with E-state index in [-0.39, 0.29) is 6.04 Å². The van der Waals surface area contributed by atoms with Gasteiger partial charge in [-0.15, -0.1) is 11.3 Å². The molecular weight excluding hydrogens is 276 g/mol. The molecule has 0 amide bonds. The van der Waals surface area contributed by atoms with Crippen LogP contribution in [0.4, 0.5) is 0 Å². The zero-order chi connectivity index (χ0) is 14.5. The van der Waals surface area contributed by atoms with Gasteiger partial charge in [0.05, 0.1) is 0 Å². The fourth-order valence-electron chi connectivity index (χ4n) is 3.05. The summed E-state index contributed by atoms with van der Waals surface area (Å²) in [5.41, 5.74) is 5.84. The molecule has 21 heavy (non-hydrogen) atoms. The Morgan fingerprint density at radius 3 is 2.81 bits per heavy atom. The molecule has 0 bridgehead atoms. The zero-order valence-electron chi connectivity index (χ0n) is 12.4. The van der Waals surface area contributed by atoms with Gasteiger partial charge in [0, 0.05) is 10.9 Å². The van der Waals surface area contributed by atoms with Crippen molar-refractivity contribution in [2.45, 2.75) is 50.5 Å². The summed E-state index contributed by atoms with van der Waals surface area (Å²) < 4.78 is 0. The monoisotopic (exact) mass is 300 g/mol. The molecule has 1 aromatic heterocycles. The first-order chi connectivity index (χ1) is 10.4. The Bertz CT molecular complexity index is 546. The van der Waals surface area contributed by atoms with Crippen LogP contribution in [0.2, 0.25) is 0 Å². The number of benzene rings is 1. The number of hydrazine groups is 1. The summed E-state index contributed by atoms with van der Waals surface area (Å²) in [5, 5.41) is 2.15. The molecule has 1 aromatic carbocycles. The van der Waals surface area contributed by atoms with Gasteiger partial charge in [-0.05, 0) is 60.6 Å². The molecule has 2 nitrogen and oxygen atoms in total. The molecule has 1 unspecified atom stereocenters. The standard InChI is InChI=1S/C18H24N2S/c19-20-18(11-3-9-17-10-4-12-21-17)16-8-2-7-15(13-16)14-5-1-6-14/h2,4,7-8,10,12-14,18,20H,1,3,5-6,9,11,19H2. The van der Waals surface area contributed by atoms with E-state index in [9.17, 15) is 0 Å². The Hall–Kier alpha value is -1.16. The third-order valence-electron chi connectivity index (χ3n) is 4.59. The molecule has 3 heteroatoms. The molecule has 0 aliphatic heterocycles. The van der Waals surface area contributed by atoms with Crippen molar-refractivity contribution in [2.24, 2.45) is 5.84 Å². The minimum Gasteiger partial charge on any atom is -0.271 e. The highest BCUT2D eigenvalue weighted by Crippen LogP contribution is 2.37. The molecule has 1 atom stereocenters. The van der Waals surface area contributed by atoms with Gasteiger partial charge in [-0.3, -0.25) is 11.3 Å². The molecule has 3 rings (SSSR count). The second kappa shape index (κ2) is 7.21. The van der Waals surface area contributed by atoms with Gasteiger partial charge in [0.1, 0.15) is 0 Å². The van der Waals surface area contributed by atoms with Gasteiger partial charge in [0.15, 0.2) is 0 Å². The molecule has 0 spiro atoms. The van der Waals surface area contributed by atoms with E-state index in [0.29, 0.717) is 0 Å². The summed E-state index contributed by atoms with van der Waals surface area (Å²) in [7, 11) is 0. The Morgan fingerprint density at radius 1 is 1.24 bits per heavy atom. The van der Waals surface area contributed by atoms with Crippen molar-refractivity contribution in [1.82, 2.24) is 5.43 Å². The van der Waals surface area contributed by atoms with E-state index in [1.165, 1.54) is 41.7 Å². The van der Waals surface area contributed by atoms with E-state index in [1.54, 1.807) is 0 Å². The predicted molar refractivity (Wildman–Crippen MR) is 90.4 cm³/mol. The number of nitrogens with two attached hydrogens (primary N) is 1. The zero-order valence-corrected chi connectivity index (χ0v) is 13.2. The number of thiophene rings is 1. The van der Waals surface area contributed by atoms with Gasteiger partial charge in [-0.1, -0.05) is 36.8 Å². The summed E-state index contributed by atoms with van der Waals surface area (Å²) in [6.07, 6.45) is 7.49. The van der Waals surface area contributed by atoms with E-state index < -0.39 is 0 Å². The third kappa shape index (κ3) is 3.73. The second-order valence-corrected chi connectivity index (χ2v) is 7.02. The molecule has 1 heterocycles. The van der Waals surface area contributed by atoms with Crippen molar-refractivity contribution in [2.75, 3.05) is 0 Å². The van der Waals surface area contributed by atoms with E-state index in [4.69, 9.17) is 5.84 Å². The SMILES string of the molecule is NNC(CCCc1cccs1)c1cccc(C2CCC2)c1. The van der Waals surface area contributed by atoms with Gasteiger partial charge >= 0.3 is 0 Å². The first-order valence-corrected chi connectivity index (χ1v) is 8.83. The average Bonchev–Trinajstić information content (AvgIpc) is 2.95. The third-order valence-corrected chi connectivity index (χ3v) is 5.52. The molecule has 1 fully saturated rings. The summed E-state index contributed by atoms with van der Waals surface area (Å²) in [5.74, 6) is 6.58. The number of rotatable bonds is 7. The van der Waals surface area contributed by atoms with Crippen LogP contribution < -0.4 is 11.3 Å². The lowest BCUT2D eigenvalue weighted by molar-refractivity contribution is 0.418. The maximum atomic E-state index is 5.79. The largest absolute Gasteiger partial charge is 0.271 e. The second-order valence-electron chi connectivity index (χ2n) is 5.99. The fraction of sp³-hybridized carbons (Fsp3) is 0.444. The topological polar surface area (TPSA) is 38.0 Å². The van der Waals surface area contributed by atoms with Crippen LogP contribution >= 0.6 is 11.3 Å². The smallest absolute Gasteiger partial charge is 0.0460 e. The molecule has 0 saturated heterocycles. The average molecular weight is 300 g/mol. The van der Waals surface area contributed by atoms with Crippen molar-refractivity contribution in [3.05, 3.63) is 57.8 Å². The highest BCUT2D eigenvalue weighted by atomic mass is 32.1. The maximum absolute atomic E-state index is 5.79. The normalized spacial score (nSPS) is 16.6. The van der Waals surface area contributed by atoms with Gasteiger partial charge in [0.25, 0.3) is 0 Å². The van der Waals surface area contributed by atoms with Crippen LogP contribution in [0.15, 0.2) is 41.8 Å². The quantitative estimate of drug-likeness (QED) is 0.582. The highest BCUT2D eigenvalue weighted by Gasteiger charge is 2.20. The Morgan fingerprint density at radius 2 is 2.14 bits per heavy atom. The Kier molecular flexibility index (Phi) is 5.07. The van der Waals surface area contributed by atoms with Gasteiger partial charge < -0.3 is 0 Å². The molecule has 3 N–H and O–H groups in total. The van der Waals surface area contributed by atoms with Crippen LogP contribution in [0.5, 0.6) is 0 Å². The lowest BCUT2D eigenvalue weighted by Gasteiger charge is -2.27. The molecule has 2 aromatic rings.